The van der Waals surface area contributed by atoms with Crippen LogP contribution in [0.5, 0.6) is 0 Å². The second-order valence-corrected chi connectivity index (χ2v) is 5.38. The Morgan fingerprint density at radius 3 is 2.29 bits per heavy atom. The van der Waals surface area contributed by atoms with Crippen LogP contribution in [-0.2, 0) is 5.41 Å². The van der Waals surface area contributed by atoms with Crippen molar-refractivity contribution in [2.24, 2.45) is 5.73 Å². The lowest BCUT2D eigenvalue weighted by molar-refractivity contribution is 0.0891. The Bertz CT molecular complexity index is 391. The summed E-state index contributed by atoms with van der Waals surface area (Å²) in [5.74, 6) is -0.222. The third kappa shape index (κ3) is 2.34. The van der Waals surface area contributed by atoms with E-state index in [1.54, 1.807) is 19.1 Å². The second kappa shape index (κ2) is 4.37. The summed E-state index contributed by atoms with van der Waals surface area (Å²) in [4.78, 5) is 0. The van der Waals surface area contributed by atoms with Crippen LogP contribution in [0.2, 0.25) is 0 Å². The van der Waals surface area contributed by atoms with Crippen LogP contribution in [-0.4, -0.2) is 12.2 Å². The molecule has 0 aromatic heterocycles. The van der Waals surface area contributed by atoms with Gasteiger partial charge in [0.1, 0.15) is 11.5 Å². The molecule has 1 aliphatic rings. The zero-order valence-electron chi connectivity index (χ0n) is 10.2. The largest absolute Gasteiger partial charge is 0.330 e. The number of rotatable bonds is 2. The molecule has 1 nitrogen and oxygen atoms in total. The minimum Gasteiger partial charge on any atom is -0.330 e. The average molecular weight is 239 g/mol. The molecule has 0 aliphatic heterocycles. The van der Waals surface area contributed by atoms with Gasteiger partial charge in [-0.1, -0.05) is 18.2 Å². The third-order valence-corrected chi connectivity index (χ3v) is 4.09. The molecule has 17 heavy (non-hydrogen) atoms. The van der Waals surface area contributed by atoms with Gasteiger partial charge in [0.15, 0.2) is 0 Å². The average Bonchev–Trinajstić information content (AvgIpc) is 2.31. The zero-order valence-corrected chi connectivity index (χ0v) is 10.2. The van der Waals surface area contributed by atoms with Gasteiger partial charge in [-0.2, -0.15) is 0 Å². The topological polar surface area (TPSA) is 26.0 Å². The van der Waals surface area contributed by atoms with E-state index in [-0.39, 0.29) is 11.2 Å². The van der Waals surface area contributed by atoms with Crippen LogP contribution in [0.15, 0.2) is 24.3 Å². The lowest BCUT2D eigenvalue weighted by atomic mass is 9.66. The van der Waals surface area contributed by atoms with Crippen LogP contribution in [0.25, 0.3) is 0 Å². The van der Waals surface area contributed by atoms with Gasteiger partial charge in [0.05, 0.1) is 0 Å². The molecule has 1 fully saturated rings. The Morgan fingerprint density at radius 1 is 1.18 bits per heavy atom. The van der Waals surface area contributed by atoms with Crippen molar-refractivity contribution in [1.82, 2.24) is 0 Å². The molecule has 2 rings (SSSR count). The van der Waals surface area contributed by atoms with Crippen molar-refractivity contribution in [3.05, 3.63) is 35.6 Å². The van der Waals surface area contributed by atoms with Crippen LogP contribution in [0, 0.1) is 5.82 Å². The number of alkyl halides is 1. The predicted molar refractivity (Wildman–Crippen MR) is 65.1 cm³/mol. The zero-order chi connectivity index (χ0) is 12.5. The quantitative estimate of drug-likeness (QED) is 0.841. The Morgan fingerprint density at radius 2 is 1.76 bits per heavy atom. The van der Waals surface area contributed by atoms with Crippen LogP contribution in [0.4, 0.5) is 8.78 Å². The number of hydrogen-bond donors (Lipinski definition) is 1. The van der Waals surface area contributed by atoms with Crippen molar-refractivity contribution in [3.8, 4) is 0 Å². The first-order valence-electron chi connectivity index (χ1n) is 6.13. The number of benzene rings is 1. The SMILES string of the molecule is CC1(F)CCC(CN)(c2ccccc2F)CC1. The lowest BCUT2D eigenvalue weighted by Crippen LogP contribution is -2.43. The van der Waals surface area contributed by atoms with Gasteiger partial charge >= 0.3 is 0 Å². The van der Waals surface area contributed by atoms with Gasteiger partial charge in [-0.25, -0.2) is 8.78 Å². The van der Waals surface area contributed by atoms with E-state index in [2.05, 4.69) is 0 Å². The van der Waals surface area contributed by atoms with Crippen molar-refractivity contribution < 1.29 is 8.78 Å². The fourth-order valence-electron chi connectivity index (χ4n) is 2.72. The number of halogens is 2. The van der Waals surface area contributed by atoms with Crippen LogP contribution < -0.4 is 5.73 Å². The van der Waals surface area contributed by atoms with Crippen LogP contribution in [0.1, 0.15) is 38.2 Å². The Labute approximate surface area is 101 Å². The summed E-state index contributed by atoms with van der Waals surface area (Å²) in [7, 11) is 0. The summed E-state index contributed by atoms with van der Waals surface area (Å²) in [6.45, 7) is 2.00. The second-order valence-electron chi connectivity index (χ2n) is 5.38. The summed E-state index contributed by atoms with van der Waals surface area (Å²) in [6, 6.07) is 6.73. The molecule has 0 atom stereocenters. The number of nitrogens with two attached hydrogens (primary N) is 1. The van der Waals surface area contributed by atoms with Crippen LogP contribution >= 0.6 is 0 Å². The Kier molecular flexibility index (Phi) is 3.21. The van der Waals surface area contributed by atoms with Crippen molar-refractivity contribution in [2.45, 2.75) is 43.7 Å². The van der Waals surface area contributed by atoms with Gasteiger partial charge in [0, 0.05) is 12.0 Å². The molecule has 1 aromatic rings. The highest BCUT2D eigenvalue weighted by Gasteiger charge is 2.41. The van der Waals surface area contributed by atoms with Crippen molar-refractivity contribution in [2.75, 3.05) is 6.54 Å². The fourth-order valence-corrected chi connectivity index (χ4v) is 2.72. The van der Waals surface area contributed by atoms with E-state index in [4.69, 9.17) is 5.73 Å². The smallest absolute Gasteiger partial charge is 0.127 e. The molecule has 0 unspecified atom stereocenters. The molecule has 2 N–H and O–H groups in total. The molecule has 0 amide bonds. The molecule has 0 radical (unpaired) electrons. The molecule has 0 spiro atoms. The van der Waals surface area contributed by atoms with Gasteiger partial charge in [-0.15, -0.1) is 0 Å². The lowest BCUT2D eigenvalue weighted by Gasteiger charge is -2.41. The highest BCUT2D eigenvalue weighted by molar-refractivity contribution is 5.28. The van der Waals surface area contributed by atoms with E-state index in [0.717, 1.165) is 0 Å². The first kappa shape index (κ1) is 12.5. The molecule has 94 valence electrons. The highest BCUT2D eigenvalue weighted by atomic mass is 19.1. The van der Waals surface area contributed by atoms with Gasteiger partial charge < -0.3 is 5.73 Å². The van der Waals surface area contributed by atoms with Gasteiger partial charge in [0.25, 0.3) is 0 Å². The van der Waals surface area contributed by atoms with E-state index in [1.807, 2.05) is 6.07 Å². The van der Waals surface area contributed by atoms with Crippen LogP contribution in [0.3, 0.4) is 0 Å². The van der Waals surface area contributed by atoms with Crippen molar-refractivity contribution >= 4 is 0 Å². The van der Waals surface area contributed by atoms with E-state index < -0.39 is 5.67 Å². The highest BCUT2D eigenvalue weighted by Crippen LogP contribution is 2.44. The van der Waals surface area contributed by atoms with Gasteiger partial charge in [-0.3, -0.25) is 0 Å². The molecule has 1 aromatic carbocycles. The maximum Gasteiger partial charge on any atom is 0.127 e. The first-order chi connectivity index (χ1) is 7.99. The van der Waals surface area contributed by atoms with Gasteiger partial charge in [-0.05, 0) is 44.2 Å². The molecule has 1 aliphatic carbocycles. The third-order valence-electron chi connectivity index (χ3n) is 4.09. The minimum atomic E-state index is -1.12. The molecule has 0 saturated heterocycles. The van der Waals surface area contributed by atoms with Crippen molar-refractivity contribution in [1.29, 1.82) is 0 Å². The fraction of sp³-hybridized carbons (Fsp3) is 0.571. The number of hydrogen-bond acceptors (Lipinski definition) is 1. The standard InChI is InChI=1S/C14H19F2N/c1-13(16)6-8-14(10-17,9-7-13)11-4-2-3-5-12(11)15/h2-5H,6-10,17H2,1H3. The van der Waals surface area contributed by atoms with Gasteiger partial charge in [0.2, 0.25) is 0 Å². The van der Waals surface area contributed by atoms with E-state index in [0.29, 0.717) is 37.8 Å². The normalized spacial score (nSPS) is 33.6. The Balaban J connectivity index is 2.31. The molecule has 0 heterocycles. The first-order valence-corrected chi connectivity index (χ1v) is 6.13. The summed E-state index contributed by atoms with van der Waals surface area (Å²) < 4.78 is 27.7. The molecule has 0 bridgehead atoms. The minimum absolute atomic E-state index is 0.222. The van der Waals surface area contributed by atoms with Crippen molar-refractivity contribution in [3.63, 3.8) is 0 Å². The summed E-state index contributed by atoms with van der Waals surface area (Å²) in [5.41, 5.74) is 4.99. The monoisotopic (exact) mass is 239 g/mol. The molecular weight excluding hydrogens is 220 g/mol. The molecular formula is C14H19F2N. The predicted octanol–water partition coefficient (Wildman–Crippen LogP) is 3.32. The summed E-state index contributed by atoms with van der Waals surface area (Å²) in [6.07, 6.45) is 2.16. The molecule has 1 saturated carbocycles. The van der Waals surface area contributed by atoms with E-state index in [9.17, 15) is 8.78 Å². The maximum atomic E-state index is 13.8. The van der Waals surface area contributed by atoms with E-state index >= 15 is 0 Å². The maximum absolute atomic E-state index is 13.8. The summed E-state index contributed by atoms with van der Waals surface area (Å²) >= 11 is 0. The van der Waals surface area contributed by atoms with E-state index in [1.165, 1.54) is 6.07 Å². The summed E-state index contributed by atoms with van der Waals surface area (Å²) in [5, 5.41) is 0. The Hall–Kier alpha value is -0.960. The molecule has 3 heteroatoms.